The number of hydrogen-bond donors (Lipinski definition) is 3. The minimum Gasteiger partial charge on any atom is -0.322 e. The molecule has 0 radical (unpaired) electrons. The summed E-state index contributed by atoms with van der Waals surface area (Å²) in [7, 11) is -7.36. The Morgan fingerprint density at radius 1 is 0.848 bits per heavy atom. The van der Waals surface area contributed by atoms with Crippen LogP contribution in [0.2, 0.25) is 5.02 Å². The number of hydrogen-bond acceptors (Lipinski definition) is 5. The lowest BCUT2D eigenvalue weighted by Crippen LogP contribution is -2.16. The molecule has 0 aliphatic carbocycles. The van der Waals surface area contributed by atoms with E-state index in [0.717, 1.165) is 11.8 Å². The molecule has 0 heterocycles. The van der Waals surface area contributed by atoms with Crippen LogP contribution in [0.4, 0.5) is 17.1 Å². The number of benzene rings is 3. The van der Waals surface area contributed by atoms with E-state index >= 15 is 0 Å². The third kappa shape index (κ3) is 6.25. The molecule has 0 fully saturated rings. The van der Waals surface area contributed by atoms with Crippen molar-refractivity contribution in [2.24, 2.45) is 0 Å². The molecule has 0 atom stereocenters. The predicted octanol–water partition coefficient (Wildman–Crippen LogP) is 4.38. The number of carbonyl (C=O) groups is 1. The first kappa shape index (κ1) is 24.6. The molecule has 0 saturated carbocycles. The third-order valence-corrected chi connectivity index (χ3v) is 7.12. The van der Waals surface area contributed by atoms with Gasteiger partial charge in [0.1, 0.15) is 0 Å². The number of rotatable bonds is 7. The predicted molar refractivity (Wildman–Crippen MR) is 131 cm³/mol. The van der Waals surface area contributed by atoms with E-state index in [4.69, 9.17) is 11.6 Å². The van der Waals surface area contributed by atoms with Crippen LogP contribution >= 0.6 is 11.6 Å². The maximum absolute atomic E-state index is 12.7. The number of anilines is 3. The van der Waals surface area contributed by atoms with Crippen molar-refractivity contribution in [1.82, 2.24) is 0 Å². The summed E-state index contributed by atoms with van der Waals surface area (Å²) in [6.07, 6.45) is 1.02. The van der Waals surface area contributed by atoms with E-state index in [-0.39, 0.29) is 10.5 Å². The lowest BCUT2D eigenvalue weighted by atomic mass is 10.1. The molecule has 0 saturated heterocycles. The number of sulfonamides is 2. The number of carbonyl (C=O) groups excluding carboxylic acids is 1. The molecular formula is C22H22ClN3O5S2. The maximum atomic E-state index is 12.7. The van der Waals surface area contributed by atoms with Crippen LogP contribution in [-0.4, -0.2) is 29.0 Å². The number of halogens is 1. The van der Waals surface area contributed by atoms with Crippen molar-refractivity contribution < 1.29 is 21.6 Å². The van der Waals surface area contributed by atoms with E-state index in [1.54, 1.807) is 37.3 Å². The molecule has 1 amide bonds. The first-order valence-corrected chi connectivity index (χ1v) is 13.4. The van der Waals surface area contributed by atoms with Crippen LogP contribution in [0.25, 0.3) is 0 Å². The zero-order chi connectivity index (χ0) is 24.4. The first-order chi connectivity index (χ1) is 15.4. The van der Waals surface area contributed by atoms with E-state index in [2.05, 4.69) is 14.8 Å². The first-order valence-electron chi connectivity index (χ1n) is 9.63. The average Bonchev–Trinajstić information content (AvgIpc) is 2.71. The second kappa shape index (κ2) is 9.42. The molecule has 3 aromatic rings. The Kier molecular flexibility index (Phi) is 7.01. The van der Waals surface area contributed by atoms with Crippen molar-refractivity contribution in [3.8, 4) is 0 Å². The second-order valence-corrected chi connectivity index (χ2v) is 11.2. The molecule has 3 rings (SSSR count). The molecule has 11 heteroatoms. The van der Waals surface area contributed by atoms with Gasteiger partial charge in [-0.05, 0) is 73.5 Å². The van der Waals surface area contributed by atoms with E-state index in [0.29, 0.717) is 27.6 Å². The summed E-state index contributed by atoms with van der Waals surface area (Å²) >= 11 is 6.05. The van der Waals surface area contributed by atoms with Crippen molar-refractivity contribution in [2.45, 2.75) is 18.7 Å². The van der Waals surface area contributed by atoms with Gasteiger partial charge in [-0.15, -0.1) is 0 Å². The molecule has 8 nitrogen and oxygen atoms in total. The summed E-state index contributed by atoms with van der Waals surface area (Å²) in [5.41, 5.74) is 2.57. The van der Waals surface area contributed by atoms with Gasteiger partial charge in [-0.2, -0.15) is 0 Å². The SMILES string of the molecule is Cc1ccc(NS(=O)(=O)c2ccc(NC(=O)c3cccc(NS(C)(=O)=O)c3C)cc2)cc1Cl. The minimum atomic E-state index is -3.86. The van der Waals surface area contributed by atoms with Crippen molar-refractivity contribution in [1.29, 1.82) is 0 Å². The summed E-state index contributed by atoms with van der Waals surface area (Å²) in [5.74, 6) is -0.465. The Balaban J connectivity index is 1.76. The quantitative estimate of drug-likeness (QED) is 0.438. The van der Waals surface area contributed by atoms with Crippen LogP contribution in [0.3, 0.4) is 0 Å². The Morgan fingerprint density at radius 2 is 1.48 bits per heavy atom. The summed E-state index contributed by atoms with van der Waals surface area (Å²) in [6.45, 7) is 3.44. The zero-order valence-corrected chi connectivity index (χ0v) is 20.4. The number of nitrogens with one attached hydrogen (secondary N) is 3. The fourth-order valence-corrected chi connectivity index (χ4v) is 4.83. The van der Waals surface area contributed by atoms with Gasteiger partial charge in [0.05, 0.1) is 22.5 Å². The van der Waals surface area contributed by atoms with Gasteiger partial charge in [-0.3, -0.25) is 14.2 Å². The third-order valence-electron chi connectivity index (χ3n) is 4.72. The van der Waals surface area contributed by atoms with Crippen LogP contribution in [0.15, 0.2) is 65.6 Å². The van der Waals surface area contributed by atoms with Crippen molar-refractivity contribution in [3.63, 3.8) is 0 Å². The van der Waals surface area contributed by atoms with E-state index in [9.17, 15) is 21.6 Å². The molecule has 0 aliphatic heterocycles. The van der Waals surface area contributed by atoms with Crippen LogP contribution < -0.4 is 14.8 Å². The van der Waals surface area contributed by atoms with Crippen LogP contribution in [0.5, 0.6) is 0 Å². The summed E-state index contributed by atoms with van der Waals surface area (Å²) in [6, 6.07) is 15.2. The summed E-state index contributed by atoms with van der Waals surface area (Å²) < 4.78 is 53.2. The van der Waals surface area contributed by atoms with Gasteiger partial charge in [0.25, 0.3) is 15.9 Å². The van der Waals surface area contributed by atoms with Gasteiger partial charge in [-0.25, -0.2) is 16.8 Å². The highest BCUT2D eigenvalue weighted by Gasteiger charge is 2.17. The van der Waals surface area contributed by atoms with Gasteiger partial charge >= 0.3 is 0 Å². The molecule has 174 valence electrons. The summed E-state index contributed by atoms with van der Waals surface area (Å²) in [5, 5.41) is 3.13. The normalized spacial score (nSPS) is 11.6. The fourth-order valence-electron chi connectivity index (χ4n) is 2.98. The van der Waals surface area contributed by atoms with Crippen LogP contribution in [-0.2, 0) is 20.0 Å². The van der Waals surface area contributed by atoms with Crippen LogP contribution in [0, 0.1) is 13.8 Å². The molecule has 0 bridgehead atoms. The molecule has 33 heavy (non-hydrogen) atoms. The summed E-state index contributed by atoms with van der Waals surface area (Å²) in [4.78, 5) is 12.7. The van der Waals surface area contributed by atoms with Crippen molar-refractivity contribution in [2.75, 3.05) is 21.0 Å². The highest BCUT2D eigenvalue weighted by atomic mass is 35.5. The van der Waals surface area contributed by atoms with E-state index < -0.39 is 26.0 Å². The number of aryl methyl sites for hydroxylation is 1. The fraction of sp³-hybridized carbons (Fsp3) is 0.136. The van der Waals surface area contributed by atoms with Crippen LogP contribution in [0.1, 0.15) is 21.5 Å². The maximum Gasteiger partial charge on any atom is 0.261 e. The zero-order valence-electron chi connectivity index (χ0n) is 18.0. The van der Waals surface area contributed by atoms with E-state index in [1.165, 1.54) is 30.3 Å². The molecule has 0 aliphatic rings. The van der Waals surface area contributed by atoms with Gasteiger partial charge in [0, 0.05) is 16.3 Å². The highest BCUT2D eigenvalue weighted by Crippen LogP contribution is 2.24. The monoisotopic (exact) mass is 507 g/mol. The van der Waals surface area contributed by atoms with Crippen molar-refractivity contribution >= 4 is 54.6 Å². The smallest absolute Gasteiger partial charge is 0.261 e. The lowest BCUT2D eigenvalue weighted by Gasteiger charge is -2.13. The van der Waals surface area contributed by atoms with Gasteiger partial charge in [-0.1, -0.05) is 23.7 Å². The Morgan fingerprint density at radius 3 is 2.09 bits per heavy atom. The lowest BCUT2D eigenvalue weighted by molar-refractivity contribution is 0.102. The molecular weight excluding hydrogens is 486 g/mol. The standard InChI is InChI=1S/C22H22ClN3O5S2/c1-14-7-8-17(13-20(14)23)25-33(30,31)18-11-9-16(10-12-18)24-22(27)19-5-4-6-21(15(19)2)26-32(3,28)29/h4-13,25-26H,1-3H3,(H,24,27). The Labute approximate surface area is 198 Å². The largest absolute Gasteiger partial charge is 0.322 e. The molecule has 0 spiro atoms. The second-order valence-electron chi connectivity index (χ2n) is 7.40. The Bertz CT molecular complexity index is 1420. The Hall–Kier alpha value is -3.08. The molecule has 3 aromatic carbocycles. The average molecular weight is 508 g/mol. The van der Waals surface area contributed by atoms with Crippen molar-refractivity contribution in [3.05, 3.63) is 82.4 Å². The van der Waals surface area contributed by atoms with Gasteiger partial charge in [0.15, 0.2) is 0 Å². The number of amides is 1. The minimum absolute atomic E-state index is 0.00715. The van der Waals surface area contributed by atoms with Gasteiger partial charge < -0.3 is 5.32 Å². The molecule has 0 aromatic heterocycles. The highest BCUT2D eigenvalue weighted by molar-refractivity contribution is 7.92. The van der Waals surface area contributed by atoms with E-state index in [1.807, 2.05) is 6.92 Å². The topological polar surface area (TPSA) is 121 Å². The van der Waals surface area contributed by atoms with Gasteiger partial charge in [0.2, 0.25) is 10.0 Å². The molecule has 0 unspecified atom stereocenters. The molecule has 3 N–H and O–H groups in total.